The summed E-state index contributed by atoms with van der Waals surface area (Å²) in [6, 6.07) is 1.66. The lowest BCUT2D eigenvalue weighted by Crippen LogP contribution is -2.21. The summed E-state index contributed by atoms with van der Waals surface area (Å²) in [5, 5.41) is 12.2. The van der Waals surface area contributed by atoms with Crippen molar-refractivity contribution in [2.75, 3.05) is 5.73 Å². The van der Waals surface area contributed by atoms with Gasteiger partial charge < -0.3 is 5.73 Å². The van der Waals surface area contributed by atoms with Gasteiger partial charge in [-0.15, -0.1) is 5.10 Å². The number of nitrogens with two attached hydrogens (primary N) is 1. The summed E-state index contributed by atoms with van der Waals surface area (Å²) in [6.45, 7) is 5.91. The third kappa shape index (κ3) is 1.50. The maximum Gasteiger partial charge on any atom is 0.149 e. The largest absolute Gasteiger partial charge is 0.382 e. The number of nitrogens with zero attached hydrogens (tertiary/aromatic N) is 2. The van der Waals surface area contributed by atoms with Crippen molar-refractivity contribution in [2.45, 2.75) is 26.2 Å². The van der Waals surface area contributed by atoms with Gasteiger partial charge in [-0.2, -0.15) is 5.26 Å². The fourth-order valence-corrected chi connectivity index (χ4v) is 0.949. The van der Waals surface area contributed by atoms with Crippen molar-refractivity contribution in [2.24, 2.45) is 0 Å². The Kier molecular flexibility index (Phi) is 1.97. The molecule has 1 heterocycles. The van der Waals surface area contributed by atoms with Crippen LogP contribution in [0, 0.1) is 0 Å². The average Bonchev–Trinajstić information content (AvgIpc) is 2.29. The molecule has 1 aromatic heterocycles. The standard InChI is InChI=1S/C7H13N3O2/c1-7(2,3)5-4-6(8)9-10(5)12-11/h4,11H,1-3H3,(H2,8,9). The van der Waals surface area contributed by atoms with E-state index < -0.39 is 0 Å². The summed E-state index contributed by atoms with van der Waals surface area (Å²) in [7, 11) is 0. The van der Waals surface area contributed by atoms with Crippen LogP contribution in [0.1, 0.15) is 26.5 Å². The minimum atomic E-state index is -0.159. The highest BCUT2D eigenvalue weighted by atomic mass is 17.2. The Labute approximate surface area is 70.6 Å². The van der Waals surface area contributed by atoms with Gasteiger partial charge in [-0.3, -0.25) is 0 Å². The molecule has 0 bridgehead atoms. The lowest BCUT2D eigenvalue weighted by atomic mass is 9.92. The first-order chi connectivity index (χ1) is 5.45. The Hall–Kier alpha value is -1.23. The first kappa shape index (κ1) is 8.86. The monoisotopic (exact) mass is 171 g/mol. The second-order valence-electron chi connectivity index (χ2n) is 3.66. The van der Waals surface area contributed by atoms with Gasteiger partial charge in [-0.1, -0.05) is 25.6 Å². The number of nitrogen functional groups attached to an aromatic ring is 1. The summed E-state index contributed by atoms with van der Waals surface area (Å²) in [5.41, 5.74) is 5.99. The van der Waals surface area contributed by atoms with Crippen molar-refractivity contribution in [1.29, 1.82) is 0 Å². The van der Waals surface area contributed by atoms with E-state index in [0.29, 0.717) is 5.82 Å². The molecule has 68 valence electrons. The second kappa shape index (κ2) is 2.67. The molecule has 0 spiro atoms. The third-order valence-electron chi connectivity index (χ3n) is 1.54. The van der Waals surface area contributed by atoms with Crippen LogP contribution in [0.2, 0.25) is 0 Å². The van der Waals surface area contributed by atoms with Crippen molar-refractivity contribution in [3.63, 3.8) is 0 Å². The SMILES string of the molecule is CC(C)(C)c1cc(N)nn1OO. The van der Waals surface area contributed by atoms with Crippen molar-refractivity contribution in [3.05, 3.63) is 11.8 Å². The molecule has 0 aliphatic carbocycles. The Morgan fingerprint density at radius 3 is 2.50 bits per heavy atom. The topological polar surface area (TPSA) is 73.3 Å². The summed E-state index contributed by atoms with van der Waals surface area (Å²) in [5.74, 6) is 0.328. The van der Waals surface area contributed by atoms with E-state index in [1.165, 1.54) is 0 Å². The molecule has 0 atom stereocenters. The zero-order valence-electron chi connectivity index (χ0n) is 7.40. The fraction of sp³-hybridized carbons (Fsp3) is 0.571. The van der Waals surface area contributed by atoms with Crippen molar-refractivity contribution in [1.82, 2.24) is 9.94 Å². The minimum Gasteiger partial charge on any atom is -0.382 e. The first-order valence-electron chi connectivity index (χ1n) is 3.63. The van der Waals surface area contributed by atoms with Crippen molar-refractivity contribution >= 4 is 5.82 Å². The van der Waals surface area contributed by atoms with Crippen molar-refractivity contribution in [3.8, 4) is 0 Å². The molecule has 0 radical (unpaired) electrons. The first-order valence-corrected chi connectivity index (χ1v) is 3.63. The van der Waals surface area contributed by atoms with Crippen LogP contribution in [0.25, 0.3) is 0 Å². The summed E-state index contributed by atoms with van der Waals surface area (Å²) in [6.07, 6.45) is 0. The van der Waals surface area contributed by atoms with Gasteiger partial charge in [0.15, 0.2) is 0 Å². The number of anilines is 1. The maximum absolute atomic E-state index is 8.44. The smallest absolute Gasteiger partial charge is 0.149 e. The van der Waals surface area contributed by atoms with Crippen LogP contribution < -0.4 is 10.7 Å². The van der Waals surface area contributed by atoms with Gasteiger partial charge in [0.05, 0.1) is 5.69 Å². The molecule has 5 heteroatoms. The predicted octanol–water partition coefficient (Wildman–Crippen LogP) is 0.664. The van der Waals surface area contributed by atoms with Gasteiger partial charge in [0.2, 0.25) is 0 Å². The van der Waals surface area contributed by atoms with Crippen LogP contribution in [-0.2, 0) is 5.41 Å². The number of hydrogen-bond donors (Lipinski definition) is 2. The van der Waals surface area contributed by atoms with E-state index in [0.717, 1.165) is 10.5 Å². The van der Waals surface area contributed by atoms with Crippen LogP contribution in [-0.4, -0.2) is 15.2 Å². The van der Waals surface area contributed by atoms with Gasteiger partial charge in [-0.05, 0) is 0 Å². The average molecular weight is 171 g/mol. The minimum absolute atomic E-state index is 0.159. The molecule has 0 aliphatic heterocycles. The summed E-state index contributed by atoms with van der Waals surface area (Å²) >= 11 is 0. The van der Waals surface area contributed by atoms with Crippen molar-refractivity contribution < 1.29 is 10.2 Å². The predicted molar refractivity (Wildman–Crippen MR) is 44.5 cm³/mol. The molecule has 0 saturated carbocycles. The summed E-state index contributed by atoms with van der Waals surface area (Å²) < 4.78 is 0. The van der Waals surface area contributed by atoms with Gasteiger partial charge in [0.25, 0.3) is 0 Å². The van der Waals surface area contributed by atoms with Crippen LogP contribution in [0.15, 0.2) is 6.07 Å². The second-order valence-corrected chi connectivity index (χ2v) is 3.66. The number of rotatable bonds is 1. The molecule has 0 unspecified atom stereocenters. The Bertz CT molecular complexity index is 275. The van der Waals surface area contributed by atoms with Crippen LogP contribution in [0.5, 0.6) is 0 Å². The molecule has 12 heavy (non-hydrogen) atoms. The molecule has 3 N–H and O–H groups in total. The maximum atomic E-state index is 8.44. The Balaban J connectivity index is 3.13. The van der Waals surface area contributed by atoms with E-state index in [1.54, 1.807) is 6.07 Å². The molecule has 0 aromatic carbocycles. The molecule has 1 rings (SSSR count). The van der Waals surface area contributed by atoms with Crippen LogP contribution in [0.4, 0.5) is 5.82 Å². The lowest BCUT2D eigenvalue weighted by Gasteiger charge is -2.16. The zero-order valence-corrected chi connectivity index (χ0v) is 7.40. The van der Waals surface area contributed by atoms with Gasteiger partial charge in [0.1, 0.15) is 5.82 Å². The summed E-state index contributed by atoms with van der Waals surface area (Å²) in [4.78, 5) is 5.03. The Morgan fingerprint density at radius 1 is 1.58 bits per heavy atom. The van der Waals surface area contributed by atoms with Gasteiger partial charge >= 0.3 is 0 Å². The highest BCUT2D eigenvalue weighted by molar-refractivity contribution is 5.32. The van der Waals surface area contributed by atoms with Crippen LogP contribution in [0.3, 0.4) is 0 Å². The fourth-order valence-electron chi connectivity index (χ4n) is 0.949. The van der Waals surface area contributed by atoms with E-state index in [9.17, 15) is 0 Å². The highest BCUT2D eigenvalue weighted by Crippen LogP contribution is 2.22. The lowest BCUT2D eigenvalue weighted by molar-refractivity contribution is -0.256. The molecule has 1 aromatic rings. The van der Waals surface area contributed by atoms with E-state index >= 15 is 0 Å². The molecule has 0 aliphatic rings. The Morgan fingerprint density at radius 2 is 2.17 bits per heavy atom. The number of hydrogen-bond acceptors (Lipinski definition) is 4. The van der Waals surface area contributed by atoms with E-state index in [1.807, 2.05) is 20.8 Å². The normalized spacial score (nSPS) is 11.7. The van der Waals surface area contributed by atoms with Gasteiger partial charge in [0, 0.05) is 11.5 Å². The van der Waals surface area contributed by atoms with E-state index in [2.05, 4.69) is 10.1 Å². The highest BCUT2D eigenvalue weighted by Gasteiger charge is 2.21. The molecular weight excluding hydrogens is 158 g/mol. The quantitative estimate of drug-likeness (QED) is 0.481. The molecule has 0 amide bonds. The number of aromatic nitrogens is 2. The molecule has 5 nitrogen and oxygen atoms in total. The molecular formula is C7H13N3O2. The van der Waals surface area contributed by atoms with Gasteiger partial charge in [-0.25, -0.2) is 4.99 Å². The van der Waals surface area contributed by atoms with E-state index in [-0.39, 0.29) is 5.41 Å². The zero-order chi connectivity index (χ0) is 9.35. The third-order valence-corrected chi connectivity index (χ3v) is 1.54. The molecule has 0 saturated heterocycles. The molecule has 0 fully saturated rings. The van der Waals surface area contributed by atoms with Crippen LogP contribution >= 0.6 is 0 Å². The van der Waals surface area contributed by atoms with E-state index in [4.69, 9.17) is 11.0 Å².